The van der Waals surface area contributed by atoms with Gasteiger partial charge in [0, 0.05) is 36.3 Å². The van der Waals surface area contributed by atoms with Gasteiger partial charge in [-0.15, -0.1) is 0 Å². The first-order valence-corrected chi connectivity index (χ1v) is 14.3. The van der Waals surface area contributed by atoms with Gasteiger partial charge in [-0.25, -0.2) is 4.39 Å². The number of carbonyl (C=O) groups excluding carboxylic acids is 2. The van der Waals surface area contributed by atoms with Crippen LogP contribution in [0.25, 0.3) is 10.9 Å². The van der Waals surface area contributed by atoms with Crippen molar-refractivity contribution in [3.8, 4) is 0 Å². The summed E-state index contributed by atoms with van der Waals surface area (Å²) in [7, 11) is 0. The van der Waals surface area contributed by atoms with E-state index in [2.05, 4.69) is 15.5 Å². The normalized spacial score (nSPS) is 15.0. The van der Waals surface area contributed by atoms with Crippen molar-refractivity contribution in [2.45, 2.75) is 45.1 Å². The Bertz CT molecular complexity index is 1670. The van der Waals surface area contributed by atoms with Crippen LogP contribution in [-0.4, -0.2) is 45.8 Å². The summed E-state index contributed by atoms with van der Waals surface area (Å²) in [4.78, 5) is 40.6. The summed E-state index contributed by atoms with van der Waals surface area (Å²) in [5, 5.41) is 20.4. The SMILES string of the molecule is O=C(O)Cc1cc(F)ccc1NC(=O)c1ccc(N2CCCCC2)c(NC(=O)c2nn(CC3CC3)c3ccccc23)c1. The van der Waals surface area contributed by atoms with Gasteiger partial charge in [-0.2, -0.15) is 5.10 Å². The standard InChI is InChI=1S/C32H32FN5O4/c33-23-11-12-25(22(16-23)18-29(39)40)34-31(41)21-10-13-28(37-14-4-1-5-15-37)26(17-21)35-32(42)30-24-6-2-3-7-27(24)38(36-30)19-20-8-9-20/h2-3,6-7,10-13,16-17,20H,1,4-5,8-9,14-15,18-19H2,(H,34,41)(H,35,42)(H,39,40). The van der Waals surface area contributed by atoms with E-state index in [4.69, 9.17) is 5.10 Å². The largest absolute Gasteiger partial charge is 0.481 e. The number of anilines is 3. The molecule has 1 saturated carbocycles. The maximum atomic E-state index is 13.8. The van der Waals surface area contributed by atoms with Crippen LogP contribution in [0.4, 0.5) is 21.5 Å². The first-order valence-electron chi connectivity index (χ1n) is 14.3. The van der Waals surface area contributed by atoms with Gasteiger partial charge in [0.2, 0.25) is 0 Å². The molecule has 1 aliphatic carbocycles. The van der Waals surface area contributed by atoms with E-state index in [1.54, 1.807) is 12.1 Å². The Labute approximate surface area is 242 Å². The molecule has 10 heteroatoms. The number of nitrogens with one attached hydrogen (secondary N) is 2. The molecular weight excluding hydrogens is 537 g/mol. The lowest BCUT2D eigenvalue weighted by Gasteiger charge is -2.30. The smallest absolute Gasteiger partial charge is 0.307 e. The summed E-state index contributed by atoms with van der Waals surface area (Å²) >= 11 is 0. The Morgan fingerprint density at radius 1 is 0.905 bits per heavy atom. The fourth-order valence-electron chi connectivity index (χ4n) is 5.54. The second-order valence-corrected chi connectivity index (χ2v) is 11.1. The Balaban J connectivity index is 1.31. The molecule has 0 spiro atoms. The number of piperidine rings is 1. The van der Waals surface area contributed by atoms with Gasteiger partial charge < -0.3 is 20.6 Å². The van der Waals surface area contributed by atoms with Crippen LogP contribution < -0.4 is 15.5 Å². The van der Waals surface area contributed by atoms with Crippen molar-refractivity contribution >= 4 is 45.7 Å². The Kier molecular flexibility index (Phi) is 7.60. The molecule has 2 fully saturated rings. The lowest BCUT2D eigenvalue weighted by atomic mass is 10.1. The molecular formula is C32H32FN5O4. The number of hydrogen-bond acceptors (Lipinski definition) is 5. The number of para-hydroxylation sites is 1. The number of aromatic nitrogens is 2. The zero-order valence-electron chi connectivity index (χ0n) is 23.1. The minimum atomic E-state index is -1.14. The molecule has 2 amide bonds. The van der Waals surface area contributed by atoms with Crippen molar-refractivity contribution in [3.05, 3.63) is 83.3 Å². The summed E-state index contributed by atoms with van der Waals surface area (Å²) in [5.74, 6) is -2.01. The number of nitrogens with zero attached hydrogens (tertiary/aromatic N) is 3. The van der Waals surface area contributed by atoms with Crippen LogP contribution in [-0.2, 0) is 17.8 Å². The van der Waals surface area contributed by atoms with Gasteiger partial charge in [0.15, 0.2) is 5.69 Å². The van der Waals surface area contributed by atoms with Gasteiger partial charge in [-0.05, 0) is 86.1 Å². The van der Waals surface area contributed by atoms with E-state index in [1.165, 1.54) is 25.0 Å². The molecule has 0 radical (unpaired) electrons. The molecule has 2 heterocycles. The Morgan fingerprint density at radius 3 is 2.43 bits per heavy atom. The third-order valence-corrected chi connectivity index (χ3v) is 7.86. The topological polar surface area (TPSA) is 117 Å². The number of amides is 2. The average molecular weight is 570 g/mol. The van der Waals surface area contributed by atoms with Crippen molar-refractivity contribution in [2.75, 3.05) is 28.6 Å². The van der Waals surface area contributed by atoms with E-state index < -0.39 is 24.1 Å². The number of benzene rings is 3. The van der Waals surface area contributed by atoms with E-state index in [9.17, 15) is 23.9 Å². The third-order valence-electron chi connectivity index (χ3n) is 7.86. The van der Waals surface area contributed by atoms with Gasteiger partial charge >= 0.3 is 5.97 Å². The molecule has 42 heavy (non-hydrogen) atoms. The highest BCUT2D eigenvalue weighted by Gasteiger charge is 2.26. The molecule has 2 aliphatic rings. The molecule has 0 unspecified atom stereocenters. The Morgan fingerprint density at radius 2 is 1.67 bits per heavy atom. The highest BCUT2D eigenvalue weighted by molar-refractivity contribution is 6.13. The summed E-state index contributed by atoms with van der Waals surface area (Å²) in [6.45, 7) is 2.44. The minimum Gasteiger partial charge on any atom is -0.481 e. The van der Waals surface area contributed by atoms with Crippen LogP contribution in [0.15, 0.2) is 60.7 Å². The first kappa shape index (κ1) is 27.4. The van der Waals surface area contributed by atoms with Gasteiger partial charge in [0.1, 0.15) is 5.82 Å². The molecule has 216 valence electrons. The van der Waals surface area contributed by atoms with Crippen LogP contribution in [0.1, 0.15) is 58.5 Å². The zero-order valence-corrected chi connectivity index (χ0v) is 23.1. The van der Waals surface area contributed by atoms with Crippen molar-refractivity contribution < 1.29 is 23.9 Å². The highest BCUT2D eigenvalue weighted by Crippen LogP contribution is 2.33. The number of halogens is 1. The number of aliphatic carboxylic acids is 1. The summed E-state index contributed by atoms with van der Waals surface area (Å²) in [6.07, 6.45) is 5.09. The second kappa shape index (κ2) is 11.6. The number of rotatable bonds is 9. The molecule has 1 saturated heterocycles. The van der Waals surface area contributed by atoms with Crippen molar-refractivity contribution in [3.63, 3.8) is 0 Å². The van der Waals surface area contributed by atoms with Crippen molar-refractivity contribution in [1.82, 2.24) is 9.78 Å². The van der Waals surface area contributed by atoms with Crippen LogP contribution in [0.5, 0.6) is 0 Å². The summed E-state index contributed by atoms with van der Waals surface area (Å²) in [6, 6.07) is 16.4. The maximum absolute atomic E-state index is 13.8. The number of fused-ring (bicyclic) bond motifs is 1. The van der Waals surface area contributed by atoms with E-state index in [0.29, 0.717) is 17.3 Å². The molecule has 1 aromatic heterocycles. The third kappa shape index (κ3) is 5.97. The van der Waals surface area contributed by atoms with E-state index in [0.717, 1.165) is 61.6 Å². The highest BCUT2D eigenvalue weighted by atomic mass is 19.1. The quantitative estimate of drug-likeness (QED) is 0.238. The average Bonchev–Trinajstić information content (AvgIpc) is 3.73. The van der Waals surface area contributed by atoms with Crippen molar-refractivity contribution in [2.24, 2.45) is 5.92 Å². The molecule has 1 aliphatic heterocycles. The maximum Gasteiger partial charge on any atom is 0.307 e. The molecule has 0 bridgehead atoms. The molecule has 0 atom stereocenters. The van der Waals surface area contributed by atoms with Gasteiger partial charge in [-0.1, -0.05) is 18.2 Å². The fraction of sp³-hybridized carbons (Fsp3) is 0.312. The molecule has 4 aromatic rings. The number of hydrogen-bond donors (Lipinski definition) is 3. The van der Waals surface area contributed by atoms with Gasteiger partial charge in [0.05, 0.1) is 23.3 Å². The fourth-order valence-corrected chi connectivity index (χ4v) is 5.54. The van der Waals surface area contributed by atoms with Crippen LogP contribution >= 0.6 is 0 Å². The predicted molar refractivity (Wildman–Crippen MR) is 159 cm³/mol. The Hall–Kier alpha value is -4.73. The first-order chi connectivity index (χ1) is 20.4. The van der Waals surface area contributed by atoms with Gasteiger partial charge in [0.25, 0.3) is 11.8 Å². The van der Waals surface area contributed by atoms with Crippen LogP contribution in [0, 0.1) is 11.7 Å². The van der Waals surface area contributed by atoms with E-state index >= 15 is 0 Å². The summed E-state index contributed by atoms with van der Waals surface area (Å²) < 4.78 is 15.7. The molecule has 6 rings (SSSR count). The molecule has 9 nitrogen and oxygen atoms in total. The van der Waals surface area contributed by atoms with Crippen molar-refractivity contribution in [1.29, 1.82) is 0 Å². The van der Waals surface area contributed by atoms with Crippen LogP contribution in [0.2, 0.25) is 0 Å². The van der Waals surface area contributed by atoms with E-state index in [1.807, 2.05) is 35.0 Å². The number of carboxylic acid groups (broad SMARTS) is 1. The van der Waals surface area contributed by atoms with Gasteiger partial charge in [-0.3, -0.25) is 19.1 Å². The number of carboxylic acids is 1. The predicted octanol–water partition coefficient (Wildman–Crippen LogP) is 5.71. The van der Waals surface area contributed by atoms with E-state index in [-0.39, 0.29) is 22.7 Å². The summed E-state index contributed by atoms with van der Waals surface area (Å²) in [5.41, 5.74) is 3.17. The lowest BCUT2D eigenvalue weighted by molar-refractivity contribution is -0.136. The minimum absolute atomic E-state index is 0.156. The van der Waals surface area contributed by atoms with Crippen LogP contribution in [0.3, 0.4) is 0 Å². The molecule has 3 aromatic carbocycles. The number of carbonyl (C=O) groups is 3. The monoisotopic (exact) mass is 569 g/mol. The lowest BCUT2D eigenvalue weighted by Crippen LogP contribution is -2.30. The molecule has 3 N–H and O–H groups in total. The second-order valence-electron chi connectivity index (χ2n) is 11.1. The zero-order chi connectivity index (χ0) is 29.2.